The van der Waals surface area contributed by atoms with E-state index >= 15 is 0 Å². The number of nitrogens with zero attached hydrogens (tertiary/aromatic N) is 2. The van der Waals surface area contributed by atoms with Crippen LogP contribution in [0, 0.1) is 0 Å². The van der Waals surface area contributed by atoms with Crippen molar-refractivity contribution in [3.8, 4) is 0 Å². The van der Waals surface area contributed by atoms with Gasteiger partial charge >= 0.3 is 0 Å². The van der Waals surface area contributed by atoms with Gasteiger partial charge in [0.2, 0.25) is 0 Å². The molecule has 0 fully saturated rings. The van der Waals surface area contributed by atoms with Gasteiger partial charge in [-0.25, -0.2) is 4.98 Å². The molecule has 5 heteroatoms. The van der Waals surface area contributed by atoms with Gasteiger partial charge in [-0.05, 0) is 80.8 Å². The molecule has 0 unspecified atom stereocenters. The van der Waals surface area contributed by atoms with Crippen LogP contribution in [-0.4, -0.2) is 22.9 Å². The maximum atomic E-state index is 10.8. The Morgan fingerprint density at radius 3 is 2.73 bits per heavy atom. The van der Waals surface area contributed by atoms with E-state index in [1.807, 2.05) is 31.3 Å². The van der Waals surface area contributed by atoms with Crippen LogP contribution < -0.4 is 11.1 Å². The predicted molar refractivity (Wildman–Crippen MR) is 124 cm³/mol. The summed E-state index contributed by atoms with van der Waals surface area (Å²) in [4.78, 5) is 15.1. The number of aryl methyl sites for hydroxylation is 2. The third kappa shape index (κ3) is 3.81. The number of rotatable bonds is 4. The van der Waals surface area contributed by atoms with Crippen LogP contribution in [0.3, 0.4) is 0 Å². The van der Waals surface area contributed by atoms with Gasteiger partial charge in [-0.15, -0.1) is 0 Å². The first-order chi connectivity index (χ1) is 14.6. The Morgan fingerprint density at radius 2 is 1.97 bits per heavy atom. The molecular formula is C25H28N4O. The summed E-state index contributed by atoms with van der Waals surface area (Å²) >= 11 is 0. The molecule has 2 aromatic carbocycles. The van der Waals surface area contributed by atoms with Gasteiger partial charge in [0, 0.05) is 40.6 Å². The van der Waals surface area contributed by atoms with Crippen molar-refractivity contribution >= 4 is 33.9 Å². The molecule has 0 radical (unpaired) electrons. The summed E-state index contributed by atoms with van der Waals surface area (Å²) in [5.74, 6) is 0.569. The number of hydrogen-bond donors (Lipinski definition) is 2. The molecule has 1 aliphatic carbocycles. The standard InChI is InChI=1S/C14H15NO.C11H13N3/c1-2-15-13-5-3-4-11(13)12-8-10(9-16)6-7-14(12)15;1-13-7-8-2-3-9-4-5-11(12)14-10(9)6-8/h6-9H,2-5H2,1H3;2-6,13H,7H2,1H3,(H2,12,14). The first-order valence-electron chi connectivity index (χ1n) is 10.5. The number of fused-ring (bicyclic) bond motifs is 4. The van der Waals surface area contributed by atoms with Crippen LogP contribution >= 0.6 is 0 Å². The number of pyridine rings is 1. The number of carbonyl (C=O) groups is 1. The van der Waals surface area contributed by atoms with E-state index in [1.54, 1.807) is 0 Å². The molecule has 0 saturated carbocycles. The Kier molecular flexibility index (Phi) is 5.81. The zero-order valence-electron chi connectivity index (χ0n) is 17.6. The van der Waals surface area contributed by atoms with Gasteiger partial charge in [0.05, 0.1) is 5.52 Å². The molecule has 0 aliphatic heterocycles. The van der Waals surface area contributed by atoms with Crippen molar-refractivity contribution in [2.24, 2.45) is 0 Å². The molecule has 0 amide bonds. The molecule has 3 N–H and O–H groups in total. The first kappa shape index (κ1) is 20.1. The summed E-state index contributed by atoms with van der Waals surface area (Å²) in [5, 5.41) is 5.52. The number of benzene rings is 2. The summed E-state index contributed by atoms with van der Waals surface area (Å²) < 4.78 is 2.40. The molecule has 30 heavy (non-hydrogen) atoms. The van der Waals surface area contributed by atoms with Crippen LogP contribution in [0.25, 0.3) is 21.8 Å². The topological polar surface area (TPSA) is 72.9 Å². The summed E-state index contributed by atoms with van der Waals surface area (Å²) in [7, 11) is 1.93. The number of anilines is 1. The lowest BCUT2D eigenvalue weighted by Gasteiger charge is -2.05. The SMILES string of the molecule is CCn1c2c(c3cc(C=O)ccc31)CCC2.CNCc1ccc2ccc(N)nc2c1. The maximum absolute atomic E-state index is 10.8. The molecule has 154 valence electrons. The van der Waals surface area contributed by atoms with Gasteiger partial charge in [-0.1, -0.05) is 12.1 Å². The third-order valence-electron chi connectivity index (χ3n) is 5.76. The van der Waals surface area contributed by atoms with Gasteiger partial charge in [-0.3, -0.25) is 4.79 Å². The van der Waals surface area contributed by atoms with Crippen molar-refractivity contribution in [1.82, 2.24) is 14.9 Å². The van der Waals surface area contributed by atoms with E-state index in [1.165, 1.54) is 47.0 Å². The second kappa shape index (κ2) is 8.67. The molecule has 4 aromatic rings. The van der Waals surface area contributed by atoms with Crippen molar-refractivity contribution in [3.05, 3.63) is 70.9 Å². The van der Waals surface area contributed by atoms with E-state index < -0.39 is 0 Å². The van der Waals surface area contributed by atoms with Crippen LogP contribution in [0.1, 0.15) is 40.5 Å². The Balaban J connectivity index is 0.000000147. The number of nitrogens with one attached hydrogen (secondary N) is 1. The molecule has 2 heterocycles. The summed E-state index contributed by atoms with van der Waals surface area (Å²) in [5.41, 5.74) is 12.8. The Bertz CT molecular complexity index is 1210. The highest BCUT2D eigenvalue weighted by atomic mass is 16.1. The fraction of sp³-hybridized carbons (Fsp3) is 0.280. The fourth-order valence-electron chi connectivity index (χ4n) is 4.42. The van der Waals surface area contributed by atoms with Crippen LogP contribution in [0.4, 0.5) is 5.82 Å². The van der Waals surface area contributed by atoms with Crippen LogP contribution in [0.2, 0.25) is 0 Å². The number of aldehydes is 1. The summed E-state index contributed by atoms with van der Waals surface area (Å²) in [6.45, 7) is 4.06. The average molecular weight is 401 g/mol. The molecular weight excluding hydrogens is 372 g/mol. The van der Waals surface area contributed by atoms with Crippen molar-refractivity contribution < 1.29 is 4.79 Å². The van der Waals surface area contributed by atoms with Gasteiger partial charge in [0.15, 0.2) is 0 Å². The maximum Gasteiger partial charge on any atom is 0.150 e. The Hall–Kier alpha value is -3.18. The highest BCUT2D eigenvalue weighted by Crippen LogP contribution is 2.33. The van der Waals surface area contributed by atoms with Gasteiger partial charge in [0.1, 0.15) is 12.1 Å². The molecule has 0 bridgehead atoms. The minimum Gasteiger partial charge on any atom is -0.384 e. The number of aromatic nitrogens is 2. The minimum atomic E-state index is 0.569. The van der Waals surface area contributed by atoms with E-state index in [0.29, 0.717) is 5.82 Å². The van der Waals surface area contributed by atoms with E-state index in [4.69, 9.17) is 5.73 Å². The molecule has 2 aromatic heterocycles. The normalized spacial score (nSPS) is 12.6. The monoisotopic (exact) mass is 400 g/mol. The zero-order valence-corrected chi connectivity index (χ0v) is 17.6. The van der Waals surface area contributed by atoms with Crippen molar-refractivity contribution in [3.63, 3.8) is 0 Å². The summed E-state index contributed by atoms with van der Waals surface area (Å²) in [6.07, 6.45) is 4.55. The van der Waals surface area contributed by atoms with Gasteiger partial charge < -0.3 is 15.6 Å². The second-order valence-electron chi connectivity index (χ2n) is 7.71. The fourth-order valence-corrected chi connectivity index (χ4v) is 4.42. The number of nitrogens with two attached hydrogens (primary N) is 1. The van der Waals surface area contributed by atoms with Gasteiger partial charge in [-0.2, -0.15) is 0 Å². The summed E-state index contributed by atoms with van der Waals surface area (Å²) in [6, 6.07) is 16.1. The van der Waals surface area contributed by atoms with Gasteiger partial charge in [0.25, 0.3) is 0 Å². The van der Waals surface area contributed by atoms with Crippen LogP contribution in [0.5, 0.6) is 0 Å². The molecule has 5 nitrogen and oxygen atoms in total. The van der Waals surface area contributed by atoms with E-state index in [2.05, 4.69) is 46.1 Å². The lowest BCUT2D eigenvalue weighted by Crippen LogP contribution is -2.04. The quantitative estimate of drug-likeness (QED) is 0.495. The van der Waals surface area contributed by atoms with Crippen LogP contribution in [-0.2, 0) is 25.9 Å². The first-order valence-corrected chi connectivity index (χ1v) is 10.5. The van der Waals surface area contributed by atoms with Crippen LogP contribution in [0.15, 0.2) is 48.5 Å². The second-order valence-corrected chi connectivity index (χ2v) is 7.71. The van der Waals surface area contributed by atoms with Crippen molar-refractivity contribution in [1.29, 1.82) is 0 Å². The average Bonchev–Trinajstić information content (AvgIpc) is 3.34. The van der Waals surface area contributed by atoms with E-state index in [9.17, 15) is 4.79 Å². The highest BCUT2D eigenvalue weighted by molar-refractivity contribution is 5.91. The largest absolute Gasteiger partial charge is 0.384 e. The number of carbonyl (C=O) groups excluding carboxylic acids is 1. The van der Waals surface area contributed by atoms with E-state index in [-0.39, 0.29) is 0 Å². The molecule has 0 atom stereocenters. The highest BCUT2D eigenvalue weighted by Gasteiger charge is 2.20. The van der Waals surface area contributed by atoms with E-state index in [0.717, 1.165) is 35.8 Å². The molecule has 0 saturated heterocycles. The molecule has 0 spiro atoms. The van der Waals surface area contributed by atoms with Crippen molar-refractivity contribution in [2.45, 2.75) is 39.3 Å². The lowest BCUT2D eigenvalue weighted by atomic mass is 10.1. The van der Waals surface area contributed by atoms with Crippen molar-refractivity contribution in [2.75, 3.05) is 12.8 Å². The molecule has 5 rings (SSSR count). The predicted octanol–water partition coefficient (Wildman–Crippen LogP) is 4.50. The number of nitrogen functional groups attached to an aromatic ring is 1. The smallest absolute Gasteiger partial charge is 0.150 e. The zero-order chi connectivity index (χ0) is 21.1. The lowest BCUT2D eigenvalue weighted by molar-refractivity contribution is 0.112. The number of hydrogen-bond acceptors (Lipinski definition) is 4. The Labute approximate surface area is 176 Å². The third-order valence-corrected chi connectivity index (χ3v) is 5.76. The Morgan fingerprint density at radius 1 is 1.13 bits per heavy atom. The molecule has 1 aliphatic rings. The minimum absolute atomic E-state index is 0.569.